The first-order valence-corrected chi connectivity index (χ1v) is 8.72. The molecule has 0 spiro atoms. The topological polar surface area (TPSA) is 45.6 Å². The zero-order valence-electron chi connectivity index (χ0n) is 13.3. The average Bonchev–Trinajstić information content (AvgIpc) is 2.94. The maximum Gasteiger partial charge on any atom is 0.255 e. The Morgan fingerprint density at radius 3 is 2.78 bits per heavy atom. The zero-order valence-corrected chi connectivity index (χ0v) is 14.1. The van der Waals surface area contributed by atoms with E-state index in [1.807, 2.05) is 4.90 Å². The van der Waals surface area contributed by atoms with Crippen molar-refractivity contribution >= 4 is 17.2 Å². The van der Waals surface area contributed by atoms with Crippen LogP contribution in [0.3, 0.4) is 0 Å². The summed E-state index contributed by atoms with van der Waals surface area (Å²) < 4.78 is 1.45. The van der Waals surface area contributed by atoms with Crippen molar-refractivity contribution in [3.8, 4) is 0 Å². The second-order valence-electron chi connectivity index (χ2n) is 5.87. The highest BCUT2D eigenvalue weighted by atomic mass is 32.1. The molecule has 0 aromatic carbocycles. The predicted octanol–water partition coefficient (Wildman–Crippen LogP) is 1.79. The molecule has 0 radical (unpaired) electrons. The Kier molecular flexibility index (Phi) is 4.93. The number of rotatable bonds is 3. The first-order valence-electron chi connectivity index (χ1n) is 7.84. The van der Waals surface area contributed by atoms with Gasteiger partial charge in [0.1, 0.15) is 0 Å². The van der Waals surface area contributed by atoms with Gasteiger partial charge < -0.3 is 9.47 Å². The van der Waals surface area contributed by atoms with Gasteiger partial charge in [0.2, 0.25) is 5.56 Å². The third-order valence-corrected chi connectivity index (χ3v) is 5.03. The smallest absolute Gasteiger partial charge is 0.255 e. The largest absolute Gasteiger partial charge is 0.337 e. The van der Waals surface area contributed by atoms with Crippen molar-refractivity contribution in [2.24, 2.45) is 7.05 Å². The van der Waals surface area contributed by atoms with Crippen molar-refractivity contribution < 1.29 is 4.79 Å². The molecule has 0 aliphatic carbocycles. The van der Waals surface area contributed by atoms with E-state index in [-0.39, 0.29) is 11.5 Å². The van der Waals surface area contributed by atoms with Gasteiger partial charge in [-0.1, -0.05) is 6.07 Å². The first-order chi connectivity index (χ1) is 11.1. The van der Waals surface area contributed by atoms with Gasteiger partial charge in [-0.3, -0.25) is 14.5 Å². The summed E-state index contributed by atoms with van der Waals surface area (Å²) in [5, 5.41) is 2.10. The molecule has 3 heterocycles. The minimum absolute atomic E-state index is 0.0126. The van der Waals surface area contributed by atoms with Crippen LogP contribution in [0.5, 0.6) is 0 Å². The van der Waals surface area contributed by atoms with E-state index in [1.54, 1.807) is 30.6 Å². The van der Waals surface area contributed by atoms with Gasteiger partial charge in [0, 0.05) is 56.9 Å². The van der Waals surface area contributed by atoms with Gasteiger partial charge in [0.15, 0.2) is 0 Å². The van der Waals surface area contributed by atoms with Crippen LogP contribution in [0.25, 0.3) is 0 Å². The average molecular weight is 331 g/mol. The van der Waals surface area contributed by atoms with Crippen molar-refractivity contribution in [3.05, 3.63) is 56.6 Å². The Balaban J connectivity index is 1.63. The summed E-state index contributed by atoms with van der Waals surface area (Å²) in [6, 6.07) is 7.31. The highest BCUT2D eigenvalue weighted by Gasteiger charge is 2.20. The molecule has 122 valence electrons. The van der Waals surface area contributed by atoms with E-state index < -0.39 is 0 Å². The Morgan fingerprint density at radius 1 is 1.17 bits per heavy atom. The molecular weight excluding hydrogens is 310 g/mol. The van der Waals surface area contributed by atoms with Crippen LogP contribution in [-0.4, -0.2) is 46.5 Å². The van der Waals surface area contributed by atoms with Crippen molar-refractivity contribution in [1.82, 2.24) is 14.4 Å². The fourth-order valence-corrected chi connectivity index (χ4v) is 3.60. The summed E-state index contributed by atoms with van der Waals surface area (Å²) in [6.07, 6.45) is 2.60. The minimum Gasteiger partial charge on any atom is -0.337 e. The van der Waals surface area contributed by atoms with Crippen molar-refractivity contribution in [2.45, 2.75) is 13.0 Å². The second-order valence-corrected chi connectivity index (χ2v) is 6.90. The summed E-state index contributed by atoms with van der Waals surface area (Å²) in [4.78, 5) is 29.7. The maximum atomic E-state index is 12.6. The van der Waals surface area contributed by atoms with Crippen LogP contribution in [0.1, 0.15) is 21.7 Å². The van der Waals surface area contributed by atoms with Crippen LogP contribution < -0.4 is 5.56 Å². The Morgan fingerprint density at radius 2 is 2.04 bits per heavy atom. The number of aromatic nitrogens is 1. The zero-order chi connectivity index (χ0) is 16.2. The standard InChI is InChI=1S/C17H21N3O2S/c1-18-12-14(5-6-16(18)21)17(22)20-8-3-7-19(9-10-20)13-15-4-2-11-23-15/h2,4-6,11-12H,3,7-10,13H2,1H3. The molecule has 1 fully saturated rings. The summed E-state index contributed by atoms with van der Waals surface area (Å²) in [6.45, 7) is 4.35. The van der Waals surface area contributed by atoms with Crippen LogP contribution in [0, 0.1) is 0 Å². The SMILES string of the molecule is Cn1cc(C(=O)N2CCCN(Cc3cccs3)CC2)ccc1=O. The number of hydrogen-bond donors (Lipinski definition) is 0. The molecule has 1 amide bonds. The van der Waals surface area contributed by atoms with Crippen molar-refractivity contribution in [1.29, 1.82) is 0 Å². The van der Waals surface area contributed by atoms with Gasteiger partial charge in [-0.25, -0.2) is 0 Å². The second kappa shape index (κ2) is 7.10. The summed E-state index contributed by atoms with van der Waals surface area (Å²) in [7, 11) is 1.67. The van der Waals surface area contributed by atoms with Gasteiger partial charge in [-0.05, 0) is 23.9 Å². The van der Waals surface area contributed by atoms with Crippen LogP contribution in [0.2, 0.25) is 0 Å². The summed E-state index contributed by atoms with van der Waals surface area (Å²) in [5.74, 6) is 0.0126. The first kappa shape index (κ1) is 16.0. The molecule has 0 unspecified atom stereocenters. The minimum atomic E-state index is -0.0976. The van der Waals surface area contributed by atoms with Crippen LogP contribution in [0.15, 0.2) is 40.6 Å². The van der Waals surface area contributed by atoms with E-state index in [4.69, 9.17) is 0 Å². The molecule has 6 heteroatoms. The monoisotopic (exact) mass is 331 g/mol. The molecule has 1 saturated heterocycles. The molecule has 0 atom stereocenters. The molecule has 3 rings (SSSR count). The van der Waals surface area contributed by atoms with E-state index in [0.717, 1.165) is 39.1 Å². The lowest BCUT2D eigenvalue weighted by Gasteiger charge is -2.22. The highest BCUT2D eigenvalue weighted by molar-refractivity contribution is 7.09. The molecule has 1 aliphatic rings. The fourth-order valence-electron chi connectivity index (χ4n) is 2.86. The Bertz CT molecular complexity index is 724. The molecule has 0 N–H and O–H groups in total. The number of aryl methyl sites for hydroxylation is 1. The van der Waals surface area contributed by atoms with Crippen LogP contribution >= 0.6 is 11.3 Å². The molecule has 23 heavy (non-hydrogen) atoms. The van der Waals surface area contributed by atoms with Gasteiger partial charge in [-0.2, -0.15) is 0 Å². The Labute approximate surface area is 139 Å². The van der Waals surface area contributed by atoms with Gasteiger partial charge >= 0.3 is 0 Å². The molecule has 5 nitrogen and oxygen atoms in total. The van der Waals surface area contributed by atoms with E-state index in [1.165, 1.54) is 15.5 Å². The molecule has 1 aliphatic heterocycles. The summed E-state index contributed by atoms with van der Waals surface area (Å²) in [5.41, 5.74) is 0.485. The van der Waals surface area contributed by atoms with Gasteiger partial charge in [0.05, 0.1) is 5.56 Å². The van der Waals surface area contributed by atoms with Crippen molar-refractivity contribution in [3.63, 3.8) is 0 Å². The number of amides is 1. The van der Waals surface area contributed by atoms with E-state index in [0.29, 0.717) is 5.56 Å². The van der Waals surface area contributed by atoms with E-state index in [2.05, 4.69) is 22.4 Å². The molecule has 0 saturated carbocycles. The lowest BCUT2D eigenvalue weighted by Crippen LogP contribution is -2.35. The number of carbonyl (C=O) groups excluding carboxylic acids is 1. The van der Waals surface area contributed by atoms with Crippen LogP contribution in [0.4, 0.5) is 0 Å². The number of hydrogen-bond acceptors (Lipinski definition) is 4. The van der Waals surface area contributed by atoms with E-state index >= 15 is 0 Å². The predicted molar refractivity (Wildman–Crippen MR) is 91.8 cm³/mol. The molecule has 2 aromatic heterocycles. The van der Waals surface area contributed by atoms with Crippen LogP contribution in [-0.2, 0) is 13.6 Å². The lowest BCUT2D eigenvalue weighted by molar-refractivity contribution is 0.0760. The number of thiophene rings is 1. The van der Waals surface area contributed by atoms with Gasteiger partial charge in [0.25, 0.3) is 5.91 Å². The quantitative estimate of drug-likeness (QED) is 0.861. The number of nitrogens with zero attached hydrogens (tertiary/aromatic N) is 3. The molecule has 2 aromatic rings. The van der Waals surface area contributed by atoms with E-state index in [9.17, 15) is 9.59 Å². The van der Waals surface area contributed by atoms with Gasteiger partial charge in [-0.15, -0.1) is 11.3 Å². The molecular formula is C17H21N3O2S. The third kappa shape index (κ3) is 3.89. The summed E-state index contributed by atoms with van der Waals surface area (Å²) >= 11 is 1.78. The highest BCUT2D eigenvalue weighted by Crippen LogP contribution is 2.14. The van der Waals surface area contributed by atoms with Crippen molar-refractivity contribution in [2.75, 3.05) is 26.2 Å². The number of pyridine rings is 1. The fraction of sp³-hybridized carbons (Fsp3) is 0.412. The lowest BCUT2D eigenvalue weighted by atomic mass is 10.2. The Hall–Kier alpha value is -1.92. The molecule has 0 bridgehead atoms. The maximum absolute atomic E-state index is 12.6. The number of carbonyl (C=O) groups is 1. The third-order valence-electron chi connectivity index (χ3n) is 4.17. The normalized spacial score (nSPS) is 16.3.